The molecule has 0 atom stereocenters. The maximum atomic E-state index is 13.4. The van der Waals surface area contributed by atoms with E-state index >= 15 is 0 Å². The smallest absolute Gasteiger partial charge is 0.377 e. The average Bonchev–Trinajstić information content (AvgIpc) is 3.86. The molecule has 26 heteroatoms. The number of nitrogens with one attached hydrogen (secondary N) is 4. The molecule has 7 rings (SSSR count). The predicted molar refractivity (Wildman–Crippen MR) is 199 cm³/mol. The summed E-state index contributed by atoms with van der Waals surface area (Å²) in [5, 5.41) is 29.2. The van der Waals surface area contributed by atoms with Gasteiger partial charge in [0.2, 0.25) is 5.56 Å². The number of fused-ring (bicyclic) bond motifs is 2. The molecule has 0 aliphatic carbocycles. The van der Waals surface area contributed by atoms with Gasteiger partial charge < -0.3 is 25.0 Å². The second kappa shape index (κ2) is 20.4. The first-order valence-corrected chi connectivity index (χ1v) is 16.9. The van der Waals surface area contributed by atoms with Crippen LogP contribution in [-0.2, 0) is 4.79 Å². The summed E-state index contributed by atoms with van der Waals surface area (Å²) in [5.41, 5.74) is -1.62. The molecule has 7 heterocycles. The summed E-state index contributed by atoms with van der Waals surface area (Å²) in [6, 6.07) is 5.29. The number of nitro groups is 2. The molecule has 0 aliphatic rings. The Kier molecular flexibility index (Phi) is 16.1. The van der Waals surface area contributed by atoms with E-state index in [0.29, 0.717) is 26.2 Å². The molecule has 0 saturated heterocycles. The van der Waals surface area contributed by atoms with Crippen LogP contribution in [0.5, 0.6) is 0 Å². The van der Waals surface area contributed by atoms with Gasteiger partial charge in [0, 0.05) is 36.2 Å². The molecule has 0 saturated carbocycles. The number of hydrogen-bond acceptors (Lipinski definition) is 11. The van der Waals surface area contributed by atoms with E-state index < -0.39 is 56.1 Å². The maximum absolute atomic E-state index is 13.4. The van der Waals surface area contributed by atoms with Crippen LogP contribution in [0.25, 0.3) is 21.8 Å². The van der Waals surface area contributed by atoms with Gasteiger partial charge in [0.05, 0.1) is 62.6 Å². The normalized spacial score (nSPS) is 10.0. The molecular weight excluding hydrogens is 977 g/mol. The molecular formula is C31H17Br3F5N9O9. The Morgan fingerprint density at radius 2 is 1.25 bits per heavy atom. The molecule has 18 nitrogen and oxygen atoms in total. The molecule has 5 N–H and O–H groups in total. The van der Waals surface area contributed by atoms with E-state index in [1.165, 1.54) is 6.20 Å². The largest absolute Gasteiger partial charge is 0.475 e. The molecule has 57 heavy (non-hydrogen) atoms. The minimum atomic E-state index is -1.63. The predicted octanol–water partition coefficient (Wildman–Crippen LogP) is 7.02. The Hall–Kier alpha value is -6.54. The van der Waals surface area contributed by atoms with Gasteiger partial charge in [0.25, 0.3) is 5.78 Å². The third kappa shape index (κ3) is 12.5. The molecule has 7 aromatic heterocycles. The third-order valence-corrected chi connectivity index (χ3v) is 8.15. The average molecular weight is 994 g/mol. The molecule has 296 valence electrons. The molecule has 0 amide bonds. The minimum absolute atomic E-state index is 0.0314. The van der Waals surface area contributed by atoms with Crippen molar-refractivity contribution < 1.29 is 46.5 Å². The van der Waals surface area contributed by atoms with E-state index in [0.717, 1.165) is 49.2 Å². The van der Waals surface area contributed by atoms with Crippen molar-refractivity contribution >= 4 is 92.7 Å². The molecule has 0 aliphatic heterocycles. The van der Waals surface area contributed by atoms with Crippen molar-refractivity contribution in [1.29, 1.82) is 0 Å². The number of nitrogens with zero attached hydrogens (tertiary/aromatic N) is 5. The van der Waals surface area contributed by atoms with Gasteiger partial charge in [-0.15, -0.1) is 0 Å². The summed E-state index contributed by atoms with van der Waals surface area (Å²) in [5.74, 6) is -5.83. The lowest BCUT2D eigenvalue weighted by Gasteiger charge is -1.97. The number of aromatic nitrogens is 7. The van der Waals surface area contributed by atoms with Crippen molar-refractivity contribution in [2.45, 2.75) is 0 Å². The van der Waals surface area contributed by atoms with Gasteiger partial charge >= 0.3 is 22.9 Å². The Bertz CT molecular complexity index is 2670. The van der Waals surface area contributed by atoms with Crippen molar-refractivity contribution in [3.63, 3.8) is 0 Å². The zero-order valence-electron chi connectivity index (χ0n) is 27.4. The van der Waals surface area contributed by atoms with Crippen LogP contribution < -0.4 is 11.1 Å². The number of pyridine rings is 5. The monoisotopic (exact) mass is 991 g/mol. The van der Waals surface area contributed by atoms with Crippen LogP contribution in [0, 0.1) is 49.3 Å². The molecule has 0 aromatic carbocycles. The topological polar surface area (TPSA) is 277 Å². The number of aromatic amines is 4. The van der Waals surface area contributed by atoms with Gasteiger partial charge in [0.15, 0.2) is 16.2 Å². The summed E-state index contributed by atoms with van der Waals surface area (Å²) in [6.07, 6.45) is 7.62. The molecule has 7 aromatic rings. The molecule has 0 bridgehead atoms. The lowest BCUT2D eigenvalue weighted by Crippen LogP contribution is -2.12. The highest BCUT2D eigenvalue weighted by atomic mass is 79.9. The van der Waals surface area contributed by atoms with Crippen molar-refractivity contribution in [2.75, 3.05) is 0 Å². The summed E-state index contributed by atoms with van der Waals surface area (Å²) in [4.78, 5) is 81.4. The summed E-state index contributed by atoms with van der Waals surface area (Å²) in [6.45, 7) is 0. The number of rotatable bonds is 4. The minimum Gasteiger partial charge on any atom is -0.475 e. The summed E-state index contributed by atoms with van der Waals surface area (Å²) in [7, 11) is 0. The van der Waals surface area contributed by atoms with E-state index in [2.05, 4.69) is 77.7 Å². The number of carboxylic acids is 1. The number of hydrogen-bond donors (Lipinski definition) is 5. The molecule has 0 spiro atoms. The van der Waals surface area contributed by atoms with Crippen LogP contribution in [0.2, 0.25) is 0 Å². The quantitative estimate of drug-likeness (QED) is 0.0297. The Labute approximate surface area is 335 Å². The first-order valence-electron chi connectivity index (χ1n) is 14.5. The zero-order chi connectivity index (χ0) is 42.6. The second-order valence-corrected chi connectivity index (χ2v) is 12.3. The molecule has 0 unspecified atom stereocenters. The van der Waals surface area contributed by atoms with Gasteiger partial charge in [0.1, 0.15) is 26.7 Å². The van der Waals surface area contributed by atoms with Crippen molar-refractivity contribution in [3.05, 3.63) is 163 Å². The zero-order valence-corrected chi connectivity index (χ0v) is 32.2. The number of carboxylic acid groups (broad SMARTS) is 1. The summed E-state index contributed by atoms with van der Waals surface area (Å²) < 4.78 is 63.8. The second-order valence-electron chi connectivity index (χ2n) is 10.0. The van der Waals surface area contributed by atoms with Gasteiger partial charge in [-0.2, -0.15) is 0 Å². The van der Waals surface area contributed by atoms with Gasteiger partial charge in [-0.1, -0.05) is 0 Å². The number of halogens is 8. The Morgan fingerprint density at radius 1 is 0.667 bits per heavy atom. The number of aliphatic carboxylic acids is 1. The van der Waals surface area contributed by atoms with Crippen LogP contribution >= 0.6 is 47.8 Å². The van der Waals surface area contributed by atoms with E-state index in [1.54, 1.807) is 12.3 Å². The Morgan fingerprint density at radius 3 is 1.77 bits per heavy atom. The first kappa shape index (κ1) is 44.9. The fraction of sp³-hybridized carbons (Fsp3) is 0. The van der Waals surface area contributed by atoms with Crippen LogP contribution in [-0.4, -0.2) is 61.6 Å². The third-order valence-electron chi connectivity index (χ3n) is 6.33. The van der Waals surface area contributed by atoms with Crippen LogP contribution in [0.3, 0.4) is 0 Å². The van der Waals surface area contributed by atoms with Gasteiger partial charge in [-0.25, -0.2) is 41.7 Å². The molecule has 0 radical (unpaired) electrons. The number of H-pyrrole nitrogens is 4. The number of Topliss-reactive ketones (excluding diaryl/α,β-unsaturated/α-hetero) is 1. The van der Waals surface area contributed by atoms with Crippen molar-refractivity contribution in [1.82, 2.24) is 34.9 Å². The van der Waals surface area contributed by atoms with E-state index in [-0.39, 0.29) is 38.1 Å². The van der Waals surface area contributed by atoms with E-state index in [1.807, 2.05) is 4.98 Å². The SMILES string of the molecule is Fc1cnc(Br)c2[nH]ccc12.O=C(O)C(=O)c1c[nH]c2c(Br)ncc(F)c12.O=[N+]([O-])c1cc(F)cnc1Br.O=c1[nH]cc(F)cc1[N+](=O)[O-].O=c1ccc(F)c[nH]1. The number of carbonyl (C=O) groups is 2. The standard InChI is InChI=1S/C9H4BrFN2O3.C7H4BrFN2.C5H2BrFN2O2.C5H3FN2O3.C5H4FNO/c10-8-6-5(4(11)2-13-8)3(1-12-6)7(14)9(15)16;8-7-6-4(1-2-10-6)5(9)3-11-7;6-5-4(9(10)11)1-3(7)2-8-5;6-3-1-4(8(10)11)5(9)7-2-3;6-4-1-2-5(8)7-3-4/h1-2,12H,(H,15,16);1-3,10H;1-2H;1-2H,(H,7,9);1-3H,(H,7,8). The summed E-state index contributed by atoms with van der Waals surface area (Å²) >= 11 is 9.08. The highest BCUT2D eigenvalue weighted by Crippen LogP contribution is 2.27. The Balaban J connectivity index is 0.000000194. The van der Waals surface area contributed by atoms with Crippen LogP contribution in [0.4, 0.5) is 33.3 Å². The van der Waals surface area contributed by atoms with Crippen LogP contribution in [0.1, 0.15) is 10.4 Å². The van der Waals surface area contributed by atoms with Gasteiger partial charge in [-0.3, -0.25) is 34.6 Å². The van der Waals surface area contributed by atoms with Crippen LogP contribution in [0.15, 0.2) is 97.1 Å². The lowest BCUT2D eigenvalue weighted by molar-refractivity contribution is -0.386. The van der Waals surface area contributed by atoms with Crippen molar-refractivity contribution in [2.24, 2.45) is 0 Å². The van der Waals surface area contributed by atoms with E-state index in [4.69, 9.17) is 5.11 Å². The fourth-order valence-electron chi connectivity index (χ4n) is 3.87. The van der Waals surface area contributed by atoms with Crippen molar-refractivity contribution in [3.8, 4) is 0 Å². The first-order chi connectivity index (χ1) is 26.8. The van der Waals surface area contributed by atoms with Gasteiger partial charge in [-0.05, 0) is 59.9 Å². The molecule has 0 fully saturated rings. The number of ketones is 1. The number of carbonyl (C=O) groups excluding carboxylic acids is 1. The maximum Gasteiger partial charge on any atom is 0.377 e. The lowest BCUT2D eigenvalue weighted by atomic mass is 10.1. The fourth-order valence-corrected chi connectivity index (χ4v) is 5.08. The van der Waals surface area contributed by atoms with E-state index in [9.17, 15) is 61.4 Å². The highest BCUT2D eigenvalue weighted by Gasteiger charge is 2.22. The highest BCUT2D eigenvalue weighted by molar-refractivity contribution is 9.11.